The van der Waals surface area contributed by atoms with E-state index in [0.29, 0.717) is 18.7 Å². The van der Waals surface area contributed by atoms with E-state index < -0.39 is 5.95 Å². The van der Waals surface area contributed by atoms with Gasteiger partial charge in [-0.25, -0.2) is 4.98 Å². The van der Waals surface area contributed by atoms with E-state index in [9.17, 15) is 9.18 Å². The van der Waals surface area contributed by atoms with Gasteiger partial charge in [-0.1, -0.05) is 36.8 Å². The molecule has 4 heteroatoms. The standard InChI is InChI=1S/C17H19FN2O/c1-3-10-20(12-14-6-4-13(2)5-7-14)17(21)15-8-9-19-16(18)11-15/h4-9,11H,3,10,12H2,1-2H3. The van der Waals surface area contributed by atoms with Gasteiger partial charge in [0.2, 0.25) is 5.95 Å². The van der Waals surface area contributed by atoms with Crippen LogP contribution < -0.4 is 0 Å². The summed E-state index contributed by atoms with van der Waals surface area (Å²) < 4.78 is 13.2. The summed E-state index contributed by atoms with van der Waals surface area (Å²) in [5.41, 5.74) is 2.59. The van der Waals surface area contributed by atoms with Gasteiger partial charge in [-0.3, -0.25) is 4.79 Å². The van der Waals surface area contributed by atoms with E-state index >= 15 is 0 Å². The maximum absolute atomic E-state index is 13.2. The lowest BCUT2D eigenvalue weighted by Crippen LogP contribution is -2.31. The highest BCUT2D eigenvalue weighted by atomic mass is 19.1. The van der Waals surface area contributed by atoms with Crippen LogP contribution in [0.25, 0.3) is 0 Å². The molecule has 3 nitrogen and oxygen atoms in total. The molecule has 1 aromatic carbocycles. The Labute approximate surface area is 124 Å². The SMILES string of the molecule is CCCN(Cc1ccc(C)cc1)C(=O)c1ccnc(F)c1. The Hall–Kier alpha value is -2.23. The van der Waals surface area contributed by atoms with Gasteiger partial charge in [0.15, 0.2) is 0 Å². The number of aromatic nitrogens is 1. The maximum Gasteiger partial charge on any atom is 0.254 e. The molecule has 0 bridgehead atoms. The summed E-state index contributed by atoms with van der Waals surface area (Å²) >= 11 is 0. The lowest BCUT2D eigenvalue weighted by atomic mass is 10.1. The number of halogens is 1. The fraction of sp³-hybridized carbons (Fsp3) is 0.294. The number of carbonyl (C=O) groups is 1. The molecule has 0 aliphatic heterocycles. The smallest absolute Gasteiger partial charge is 0.254 e. The Bertz CT molecular complexity index is 610. The van der Waals surface area contributed by atoms with Gasteiger partial charge in [-0.05, 0) is 25.0 Å². The summed E-state index contributed by atoms with van der Waals surface area (Å²) in [7, 11) is 0. The van der Waals surface area contributed by atoms with Gasteiger partial charge in [0.05, 0.1) is 0 Å². The van der Waals surface area contributed by atoms with Crippen molar-refractivity contribution in [2.75, 3.05) is 6.54 Å². The van der Waals surface area contributed by atoms with Crippen LogP contribution in [0.15, 0.2) is 42.6 Å². The van der Waals surface area contributed by atoms with Crippen molar-refractivity contribution in [3.63, 3.8) is 0 Å². The molecule has 0 fully saturated rings. The summed E-state index contributed by atoms with van der Waals surface area (Å²) in [5, 5.41) is 0. The first-order chi connectivity index (χ1) is 10.1. The summed E-state index contributed by atoms with van der Waals surface area (Å²) in [6.45, 7) is 5.20. The number of aryl methyl sites for hydroxylation is 1. The molecule has 1 aromatic heterocycles. The van der Waals surface area contributed by atoms with Gasteiger partial charge in [0.1, 0.15) is 0 Å². The zero-order valence-corrected chi connectivity index (χ0v) is 12.3. The van der Waals surface area contributed by atoms with E-state index in [1.165, 1.54) is 17.8 Å². The van der Waals surface area contributed by atoms with Crippen LogP contribution in [-0.4, -0.2) is 22.3 Å². The van der Waals surface area contributed by atoms with Crippen molar-refractivity contribution in [3.8, 4) is 0 Å². The van der Waals surface area contributed by atoms with Crippen LogP contribution in [0.2, 0.25) is 0 Å². The summed E-state index contributed by atoms with van der Waals surface area (Å²) in [5.74, 6) is -0.800. The molecule has 2 rings (SSSR count). The second kappa shape index (κ2) is 6.97. The van der Waals surface area contributed by atoms with E-state index in [0.717, 1.165) is 12.0 Å². The Balaban J connectivity index is 2.18. The van der Waals surface area contributed by atoms with Crippen LogP contribution in [0.4, 0.5) is 4.39 Å². The zero-order valence-electron chi connectivity index (χ0n) is 12.3. The Morgan fingerprint density at radius 1 is 1.24 bits per heavy atom. The molecule has 0 saturated heterocycles. The monoisotopic (exact) mass is 286 g/mol. The molecule has 0 spiro atoms. The van der Waals surface area contributed by atoms with Crippen molar-refractivity contribution in [1.82, 2.24) is 9.88 Å². The molecular formula is C17H19FN2O. The van der Waals surface area contributed by atoms with E-state index in [1.807, 2.05) is 38.1 Å². The minimum absolute atomic E-state index is 0.168. The highest BCUT2D eigenvalue weighted by Crippen LogP contribution is 2.12. The number of hydrogen-bond acceptors (Lipinski definition) is 2. The van der Waals surface area contributed by atoms with Crippen LogP contribution >= 0.6 is 0 Å². The predicted molar refractivity (Wildman–Crippen MR) is 80.4 cm³/mol. The van der Waals surface area contributed by atoms with Crippen molar-refractivity contribution >= 4 is 5.91 Å². The molecule has 0 aliphatic rings. The maximum atomic E-state index is 13.2. The third-order valence-corrected chi connectivity index (χ3v) is 3.25. The van der Waals surface area contributed by atoms with Crippen LogP contribution in [0, 0.1) is 12.9 Å². The highest BCUT2D eigenvalue weighted by molar-refractivity contribution is 5.94. The van der Waals surface area contributed by atoms with Crippen LogP contribution in [0.1, 0.15) is 34.8 Å². The van der Waals surface area contributed by atoms with Crippen molar-refractivity contribution in [2.24, 2.45) is 0 Å². The third-order valence-electron chi connectivity index (χ3n) is 3.25. The molecule has 0 unspecified atom stereocenters. The lowest BCUT2D eigenvalue weighted by Gasteiger charge is -2.22. The molecule has 0 atom stereocenters. The van der Waals surface area contributed by atoms with E-state index in [1.54, 1.807) is 11.0 Å². The van der Waals surface area contributed by atoms with Crippen molar-refractivity contribution in [1.29, 1.82) is 0 Å². The molecule has 0 N–H and O–H groups in total. The summed E-state index contributed by atoms with van der Waals surface area (Å²) in [6.07, 6.45) is 2.17. The fourth-order valence-corrected chi connectivity index (χ4v) is 2.15. The van der Waals surface area contributed by atoms with E-state index in [-0.39, 0.29) is 5.91 Å². The fourth-order valence-electron chi connectivity index (χ4n) is 2.15. The topological polar surface area (TPSA) is 33.2 Å². The normalized spacial score (nSPS) is 10.4. The van der Waals surface area contributed by atoms with Gasteiger partial charge in [0.25, 0.3) is 5.91 Å². The first-order valence-corrected chi connectivity index (χ1v) is 7.06. The van der Waals surface area contributed by atoms with Crippen molar-refractivity contribution < 1.29 is 9.18 Å². The quantitative estimate of drug-likeness (QED) is 0.787. The minimum atomic E-state index is -0.632. The van der Waals surface area contributed by atoms with Gasteiger partial charge in [-0.2, -0.15) is 4.39 Å². The Morgan fingerprint density at radius 2 is 1.95 bits per heavy atom. The Morgan fingerprint density at radius 3 is 2.57 bits per heavy atom. The number of nitrogens with zero attached hydrogens (tertiary/aromatic N) is 2. The first kappa shape index (κ1) is 15.2. The molecular weight excluding hydrogens is 267 g/mol. The molecule has 1 heterocycles. The number of benzene rings is 1. The van der Waals surface area contributed by atoms with Gasteiger partial charge in [0, 0.05) is 30.9 Å². The van der Waals surface area contributed by atoms with Crippen LogP contribution in [0.3, 0.4) is 0 Å². The molecule has 0 saturated carbocycles. The number of hydrogen-bond donors (Lipinski definition) is 0. The summed E-state index contributed by atoms with van der Waals surface area (Å²) in [4.78, 5) is 17.7. The predicted octanol–water partition coefficient (Wildman–Crippen LogP) is 3.58. The molecule has 0 radical (unpaired) electrons. The van der Waals surface area contributed by atoms with Gasteiger partial charge >= 0.3 is 0 Å². The number of amides is 1. The third kappa shape index (κ3) is 4.12. The number of carbonyl (C=O) groups excluding carboxylic acids is 1. The molecule has 21 heavy (non-hydrogen) atoms. The average Bonchev–Trinajstić information content (AvgIpc) is 2.48. The van der Waals surface area contributed by atoms with Crippen LogP contribution in [0.5, 0.6) is 0 Å². The van der Waals surface area contributed by atoms with Crippen molar-refractivity contribution in [3.05, 3.63) is 65.2 Å². The first-order valence-electron chi connectivity index (χ1n) is 7.06. The number of rotatable bonds is 5. The van der Waals surface area contributed by atoms with E-state index in [2.05, 4.69) is 4.98 Å². The lowest BCUT2D eigenvalue weighted by molar-refractivity contribution is 0.0742. The molecule has 1 amide bonds. The average molecular weight is 286 g/mol. The second-order valence-corrected chi connectivity index (χ2v) is 5.08. The minimum Gasteiger partial charge on any atom is -0.334 e. The largest absolute Gasteiger partial charge is 0.334 e. The van der Waals surface area contributed by atoms with E-state index in [4.69, 9.17) is 0 Å². The Kier molecular flexibility index (Phi) is 5.04. The van der Waals surface area contributed by atoms with Crippen molar-refractivity contribution in [2.45, 2.75) is 26.8 Å². The number of pyridine rings is 1. The summed E-state index contributed by atoms with van der Waals surface area (Å²) in [6, 6.07) is 10.8. The van der Waals surface area contributed by atoms with Gasteiger partial charge < -0.3 is 4.90 Å². The molecule has 110 valence electrons. The molecule has 0 aliphatic carbocycles. The zero-order chi connectivity index (χ0) is 15.2. The van der Waals surface area contributed by atoms with Crippen LogP contribution in [-0.2, 0) is 6.54 Å². The second-order valence-electron chi connectivity index (χ2n) is 5.08. The highest BCUT2D eigenvalue weighted by Gasteiger charge is 2.16. The molecule has 2 aromatic rings. The van der Waals surface area contributed by atoms with Gasteiger partial charge in [-0.15, -0.1) is 0 Å².